The molecule has 4 aromatic rings. The summed E-state index contributed by atoms with van der Waals surface area (Å²) in [5.74, 6) is -0.531. The van der Waals surface area contributed by atoms with Gasteiger partial charge < -0.3 is 5.32 Å². The smallest absolute Gasteiger partial charge is 0.271 e. The number of aromatic nitrogens is 2. The first-order valence-electron chi connectivity index (χ1n) is 10.2. The zero-order valence-electron chi connectivity index (χ0n) is 18.2. The normalized spacial score (nSPS) is 10.9. The van der Waals surface area contributed by atoms with E-state index in [0.717, 1.165) is 22.9 Å². The molecule has 1 N–H and O–H groups in total. The lowest BCUT2D eigenvalue weighted by Gasteiger charge is -2.15. The van der Waals surface area contributed by atoms with Gasteiger partial charge in [0.2, 0.25) is 5.91 Å². The van der Waals surface area contributed by atoms with Crippen molar-refractivity contribution in [3.63, 3.8) is 0 Å². The number of aryl methyl sites for hydroxylation is 2. The van der Waals surface area contributed by atoms with Crippen molar-refractivity contribution in [2.45, 2.75) is 19.0 Å². The molecule has 34 heavy (non-hydrogen) atoms. The number of nitrogens with zero attached hydrogens (tertiary/aromatic N) is 3. The fourth-order valence-electron chi connectivity index (χ4n) is 3.52. The van der Waals surface area contributed by atoms with Crippen LogP contribution in [0.4, 0.5) is 11.4 Å². The van der Waals surface area contributed by atoms with Crippen LogP contribution in [0, 0.1) is 24.0 Å². The predicted octanol–water partition coefficient (Wildman–Crippen LogP) is 5.29. The number of carbonyl (C=O) groups excluding carboxylic acids is 1. The highest BCUT2D eigenvalue weighted by Crippen LogP contribution is 2.28. The molecule has 0 bridgehead atoms. The minimum Gasteiger partial charge on any atom is -0.324 e. The van der Waals surface area contributed by atoms with E-state index in [1.165, 1.54) is 22.8 Å². The van der Waals surface area contributed by atoms with Gasteiger partial charge in [0.1, 0.15) is 0 Å². The molecule has 3 aromatic carbocycles. The molecular weight excluding hydrogens is 476 g/mol. The fraction of sp³-hybridized carbons (Fsp3) is 0.125. The summed E-state index contributed by atoms with van der Waals surface area (Å²) < 4.78 is 1.51. The maximum Gasteiger partial charge on any atom is 0.271 e. The standard InChI is InChI=1S/C24H19ClN4O4S/c1-14-7-10-21(15(2)11-14)28-23(31)17-5-3-4-6-19(17)27-24(28)34-13-22(30)26-20-12-16(29(32)33)8-9-18(20)25/h3-12H,13H2,1-2H3,(H,26,30). The first-order chi connectivity index (χ1) is 16.2. The number of non-ortho nitro benzene ring substituents is 1. The number of nitrogens with one attached hydrogen (secondary N) is 1. The lowest BCUT2D eigenvalue weighted by molar-refractivity contribution is -0.384. The van der Waals surface area contributed by atoms with Gasteiger partial charge in [-0.2, -0.15) is 0 Å². The summed E-state index contributed by atoms with van der Waals surface area (Å²) >= 11 is 7.17. The third-order valence-corrected chi connectivity index (χ3v) is 6.37. The Morgan fingerprint density at radius 3 is 2.65 bits per heavy atom. The number of amides is 1. The number of thioether (sulfide) groups is 1. The van der Waals surface area contributed by atoms with Gasteiger partial charge in [-0.3, -0.25) is 24.3 Å². The van der Waals surface area contributed by atoms with Crippen LogP contribution in [-0.2, 0) is 4.79 Å². The Hall–Kier alpha value is -3.69. The highest BCUT2D eigenvalue weighted by molar-refractivity contribution is 7.99. The van der Waals surface area contributed by atoms with Gasteiger partial charge >= 0.3 is 0 Å². The van der Waals surface area contributed by atoms with Crippen molar-refractivity contribution in [1.29, 1.82) is 0 Å². The summed E-state index contributed by atoms with van der Waals surface area (Å²) in [6.45, 7) is 3.88. The Morgan fingerprint density at radius 1 is 1.15 bits per heavy atom. The van der Waals surface area contributed by atoms with Crippen LogP contribution in [0.3, 0.4) is 0 Å². The predicted molar refractivity (Wildman–Crippen MR) is 134 cm³/mol. The molecule has 10 heteroatoms. The van der Waals surface area contributed by atoms with Crippen LogP contribution in [0.15, 0.2) is 70.6 Å². The van der Waals surface area contributed by atoms with E-state index in [4.69, 9.17) is 11.6 Å². The summed E-state index contributed by atoms with van der Waals surface area (Å²) in [7, 11) is 0. The van der Waals surface area contributed by atoms with Gasteiger partial charge in [-0.25, -0.2) is 4.98 Å². The minimum atomic E-state index is -0.567. The van der Waals surface area contributed by atoms with Gasteiger partial charge in [0.25, 0.3) is 11.2 Å². The van der Waals surface area contributed by atoms with Crippen LogP contribution >= 0.6 is 23.4 Å². The number of para-hydroxylation sites is 1. The Kier molecular flexibility index (Phi) is 6.67. The first kappa shape index (κ1) is 23.5. The first-order valence-corrected chi connectivity index (χ1v) is 11.6. The number of benzene rings is 3. The van der Waals surface area contributed by atoms with Crippen molar-refractivity contribution in [3.8, 4) is 5.69 Å². The van der Waals surface area contributed by atoms with E-state index in [-0.39, 0.29) is 27.7 Å². The van der Waals surface area contributed by atoms with Gasteiger partial charge in [-0.15, -0.1) is 0 Å². The lowest BCUT2D eigenvalue weighted by atomic mass is 10.1. The SMILES string of the molecule is Cc1ccc(-n2c(SCC(=O)Nc3cc([N+](=O)[O-])ccc3Cl)nc3ccccc3c2=O)c(C)c1. The van der Waals surface area contributed by atoms with E-state index >= 15 is 0 Å². The summed E-state index contributed by atoms with van der Waals surface area (Å²) in [4.78, 5) is 41.1. The van der Waals surface area contributed by atoms with E-state index in [2.05, 4.69) is 10.3 Å². The number of nitro groups is 1. The number of rotatable bonds is 6. The van der Waals surface area contributed by atoms with Crippen LogP contribution in [0.1, 0.15) is 11.1 Å². The van der Waals surface area contributed by atoms with Crippen LogP contribution in [0.5, 0.6) is 0 Å². The number of nitro benzene ring substituents is 1. The van der Waals surface area contributed by atoms with Gasteiger partial charge in [-0.1, -0.05) is 53.2 Å². The molecule has 0 aliphatic heterocycles. The number of halogens is 1. The van der Waals surface area contributed by atoms with Crippen molar-refractivity contribution >= 4 is 51.5 Å². The lowest BCUT2D eigenvalue weighted by Crippen LogP contribution is -2.23. The average molecular weight is 495 g/mol. The molecule has 172 valence electrons. The van der Waals surface area contributed by atoms with Crippen LogP contribution in [0.25, 0.3) is 16.6 Å². The third kappa shape index (κ3) is 4.80. The molecule has 0 saturated heterocycles. The van der Waals surface area contributed by atoms with E-state index in [9.17, 15) is 19.7 Å². The summed E-state index contributed by atoms with van der Waals surface area (Å²) in [6, 6.07) is 16.6. The zero-order valence-corrected chi connectivity index (χ0v) is 19.8. The number of hydrogen-bond acceptors (Lipinski definition) is 6. The van der Waals surface area contributed by atoms with E-state index < -0.39 is 10.8 Å². The van der Waals surface area contributed by atoms with Crippen LogP contribution in [0.2, 0.25) is 5.02 Å². The highest BCUT2D eigenvalue weighted by atomic mass is 35.5. The Bertz CT molecular complexity index is 1500. The molecule has 0 saturated carbocycles. The average Bonchev–Trinajstić information content (AvgIpc) is 2.80. The number of anilines is 1. The van der Waals surface area contributed by atoms with Gasteiger partial charge in [-0.05, 0) is 43.7 Å². The molecule has 0 atom stereocenters. The Labute approximate surface area is 203 Å². The molecule has 8 nitrogen and oxygen atoms in total. The van der Waals surface area contributed by atoms with Crippen molar-refractivity contribution < 1.29 is 9.72 Å². The maximum absolute atomic E-state index is 13.4. The van der Waals surface area contributed by atoms with Crippen LogP contribution < -0.4 is 10.9 Å². The van der Waals surface area contributed by atoms with Crippen LogP contribution in [-0.4, -0.2) is 26.1 Å². The topological polar surface area (TPSA) is 107 Å². The second-order valence-electron chi connectivity index (χ2n) is 7.60. The van der Waals surface area contributed by atoms with Crippen molar-refractivity contribution in [3.05, 3.63) is 97.3 Å². The molecule has 0 fully saturated rings. The second kappa shape index (κ2) is 9.66. The Balaban J connectivity index is 1.68. The zero-order chi connectivity index (χ0) is 24.4. The summed E-state index contributed by atoms with van der Waals surface area (Å²) in [5, 5.41) is 14.6. The molecule has 1 aromatic heterocycles. The summed E-state index contributed by atoms with van der Waals surface area (Å²) in [5.41, 5.74) is 2.88. The van der Waals surface area contributed by atoms with Gasteiger partial charge in [0, 0.05) is 12.1 Å². The molecule has 1 heterocycles. The van der Waals surface area contributed by atoms with Crippen molar-refractivity contribution in [2.24, 2.45) is 0 Å². The summed E-state index contributed by atoms with van der Waals surface area (Å²) in [6.07, 6.45) is 0. The molecule has 0 aliphatic rings. The minimum absolute atomic E-state index is 0.0886. The fourth-order valence-corrected chi connectivity index (χ4v) is 4.49. The Morgan fingerprint density at radius 2 is 1.91 bits per heavy atom. The van der Waals surface area contributed by atoms with E-state index in [1.54, 1.807) is 24.3 Å². The molecule has 4 rings (SSSR count). The van der Waals surface area contributed by atoms with Gasteiger partial charge in [0.15, 0.2) is 5.16 Å². The third-order valence-electron chi connectivity index (χ3n) is 5.11. The van der Waals surface area contributed by atoms with Crippen molar-refractivity contribution in [2.75, 3.05) is 11.1 Å². The second-order valence-corrected chi connectivity index (χ2v) is 8.95. The molecule has 0 aliphatic carbocycles. The maximum atomic E-state index is 13.4. The van der Waals surface area contributed by atoms with E-state index in [1.807, 2.05) is 32.0 Å². The van der Waals surface area contributed by atoms with Crippen molar-refractivity contribution in [1.82, 2.24) is 9.55 Å². The molecule has 0 unspecified atom stereocenters. The molecule has 0 radical (unpaired) electrons. The van der Waals surface area contributed by atoms with E-state index in [0.29, 0.717) is 21.7 Å². The monoisotopic (exact) mass is 494 g/mol. The molecular formula is C24H19ClN4O4S. The number of hydrogen-bond donors (Lipinski definition) is 1. The molecule has 1 amide bonds. The quantitative estimate of drug-likeness (QED) is 0.169. The number of carbonyl (C=O) groups is 1. The highest BCUT2D eigenvalue weighted by Gasteiger charge is 2.17. The largest absolute Gasteiger partial charge is 0.324 e. The van der Waals surface area contributed by atoms with Gasteiger partial charge in [0.05, 0.1) is 38.0 Å². The number of fused-ring (bicyclic) bond motifs is 1. The molecule has 0 spiro atoms.